The molecule has 0 saturated carbocycles. The quantitative estimate of drug-likeness (QED) is 0.474. The fourth-order valence-electron chi connectivity index (χ4n) is 2.85. The minimum atomic E-state index is -0.859. The van der Waals surface area contributed by atoms with Gasteiger partial charge in [-0.25, -0.2) is 4.39 Å². The van der Waals surface area contributed by atoms with E-state index in [1.807, 2.05) is 12.1 Å². The number of nitro benzene ring substituents is 1. The Balaban J connectivity index is 1.68. The van der Waals surface area contributed by atoms with Gasteiger partial charge in [0.05, 0.1) is 11.0 Å². The molecule has 2 aromatic carbocycles. The summed E-state index contributed by atoms with van der Waals surface area (Å²) in [5.74, 6) is -1.28. The Kier molecular flexibility index (Phi) is 4.55. The zero-order valence-corrected chi connectivity index (χ0v) is 13.0. The molecule has 24 heavy (non-hydrogen) atoms. The molecular formula is C18H16FNO4. The standard InChI is InChI=1S/C18H16FNO4/c19-16-10-15(20(22)23)7-8-18(16)24-11-17(21)14-6-5-12-3-1-2-4-13(12)9-14/h5-10H,1-4,11H2. The molecule has 1 aliphatic rings. The number of carbonyl (C=O) groups is 1. The van der Waals surface area contributed by atoms with Crippen LogP contribution in [0, 0.1) is 15.9 Å². The van der Waals surface area contributed by atoms with Crippen LogP contribution < -0.4 is 4.74 Å². The van der Waals surface area contributed by atoms with E-state index in [2.05, 4.69) is 0 Å². The lowest BCUT2D eigenvalue weighted by Crippen LogP contribution is -2.13. The summed E-state index contributed by atoms with van der Waals surface area (Å²) < 4.78 is 18.9. The van der Waals surface area contributed by atoms with Crippen LogP contribution in [0.5, 0.6) is 5.75 Å². The van der Waals surface area contributed by atoms with Gasteiger partial charge < -0.3 is 4.74 Å². The van der Waals surface area contributed by atoms with Crippen molar-refractivity contribution < 1.29 is 18.8 Å². The van der Waals surface area contributed by atoms with Gasteiger partial charge in [0.15, 0.2) is 24.0 Å². The number of hydrogen-bond acceptors (Lipinski definition) is 4. The van der Waals surface area contributed by atoms with Gasteiger partial charge in [-0.15, -0.1) is 0 Å². The molecule has 0 atom stereocenters. The van der Waals surface area contributed by atoms with Crippen LogP contribution in [0.4, 0.5) is 10.1 Å². The third-order valence-corrected chi connectivity index (χ3v) is 4.16. The lowest BCUT2D eigenvalue weighted by molar-refractivity contribution is -0.385. The minimum absolute atomic E-state index is 0.174. The van der Waals surface area contributed by atoms with E-state index in [-0.39, 0.29) is 23.8 Å². The number of ether oxygens (including phenoxy) is 1. The van der Waals surface area contributed by atoms with Crippen molar-refractivity contribution in [2.75, 3.05) is 6.61 Å². The summed E-state index contributed by atoms with van der Waals surface area (Å²) in [6.45, 7) is -0.312. The highest BCUT2D eigenvalue weighted by Crippen LogP contribution is 2.24. The van der Waals surface area contributed by atoms with Gasteiger partial charge in [0.2, 0.25) is 0 Å². The summed E-state index contributed by atoms with van der Waals surface area (Å²) in [7, 11) is 0. The van der Waals surface area contributed by atoms with E-state index in [0.717, 1.165) is 37.5 Å². The third-order valence-electron chi connectivity index (χ3n) is 4.16. The van der Waals surface area contributed by atoms with Crippen LogP contribution in [-0.4, -0.2) is 17.3 Å². The second-order valence-corrected chi connectivity index (χ2v) is 5.77. The predicted molar refractivity (Wildman–Crippen MR) is 86.0 cm³/mol. The van der Waals surface area contributed by atoms with Crippen LogP contribution in [0.2, 0.25) is 0 Å². The molecule has 0 bridgehead atoms. The number of fused-ring (bicyclic) bond motifs is 1. The van der Waals surface area contributed by atoms with Gasteiger partial charge in [0, 0.05) is 11.6 Å². The number of non-ortho nitro benzene ring substituents is 1. The zero-order valence-electron chi connectivity index (χ0n) is 13.0. The SMILES string of the molecule is O=C(COc1ccc([N+](=O)[O-])cc1F)c1ccc2c(c1)CCCC2. The van der Waals surface area contributed by atoms with Gasteiger partial charge in [0.1, 0.15) is 0 Å². The summed E-state index contributed by atoms with van der Waals surface area (Å²) in [5.41, 5.74) is 2.65. The number of carbonyl (C=O) groups excluding carboxylic acids is 1. The molecule has 0 unspecified atom stereocenters. The highest BCUT2D eigenvalue weighted by Gasteiger charge is 2.15. The first-order valence-corrected chi connectivity index (χ1v) is 7.76. The third kappa shape index (κ3) is 3.42. The zero-order chi connectivity index (χ0) is 17.1. The van der Waals surface area contributed by atoms with Crippen molar-refractivity contribution in [3.63, 3.8) is 0 Å². The van der Waals surface area contributed by atoms with Crippen LogP contribution in [0.25, 0.3) is 0 Å². The van der Waals surface area contributed by atoms with E-state index in [1.165, 1.54) is 17.5 Å². The van der Waals surface area contributed by atoms with Crippen LogP contribution in [-0.2, 0) is 12.8 Å². The van der Waals surface area contributed by atoms with Crippen molar-refractivity contribution in [1.82, 2.24) is 0 Å². The monoisotopic (exact) mass is 329 g/mol. The van der Waals surface area contributed by atoms with Crippen molar-refractivity contribution in [3.8, 4) is 5.75 Å². The summed E-state index contributed by atoms with van der Waals surface area (Å²) in [6.07, 6.45) is 4.29. The van der Waals surface area contributed by atoms with Gasteiger partial charge in [-0.1, -0.05) is 12.1 Å². The number of aryl methyl sites for hydroxylation is 2. The van der Waals surface area contributed by atoms with E-state index >= 15 is 0 Å². The Labute approximate surface area is 138 Å². The first-order chi connectivity index (χ1) is 11.5. The maximum Gasteiger partial charge on any atom is 0.272 e. The van der Waals surface area contributed by atoms with Gasteiger partial charge in [-0.3, -0.25) is 14.9 Å². The molecule has 0 N–H and O–H groups in total. The van der Waals surface area contributed by atoms with Crippen LogP contribution >= 0.6 is 0 Å². The molecule has 6 heteroatoms. The van der Waals surface area contributed by atoms with E-state index in [4.69, 9.17) is 4.74 Å². The van der Waals surface area contributed by atoms with E-state index in [1.54, 1.807) is 6.07 Å². The van der Waals surface area contributed by atoms with Crippen molar-refractivity contribution in [2.24, 2.45) is 0 Å². The fourth-order valence-corrected chi connectivity index (χ4v) is 2.85. The molecule has 2 aromatic rings. The lowest BCUT2D eigenvalue weighted by Gasteiger charge is -2.16. The van der Waals surface area contributed by atoms with Crippen molar-refractivity contribution in [3.05, 3.63) is 69.0 Å². The van der Waals surface area contributed by atoms with Crippen LogP contribution in [0.1, 0.15) is 34.3 Å². The van der Waals surface area contributed by atoms with E-state index in [0.29, 0.717) is 5.56 Å². The lowest BCUT2D eigenvalue weighted by atomic mass is 9.90. The van der Waals surface area contributed by atoms with Crippen molar-refractivity contribution in [2.45, 2.75) is 25.7 Å². The predicted octanol–water partition coefficient (Wildman–Crippen LogP) is 3.87. The summed E-state index contributed by atoms with van der Waals surface area (Å²) >= 11 is 0. The highest BCUT2D eigenvalue weighted by atomic mass is 19.1. The number of ketones is 1. The molecule has 0 fully saturated rings. The molecule has 0 aliphatic heterocycles. The average molecular weight is 329 g/mol. The fraction of sp³-hybridized carbons (Fsp3) is 0.278. The maximum atomic E-state index is 13.7. The molecule has 0 spiro atoms. The Morgan fingerprint density at radius 3 is 2.58 bits per heavy atom. The minimum Gasteiger partial charge on any atom is -0.482 e. The second kappa shape index (κ2) is 6.78. The number of nitrogens with zero attached hydrogens (tertiary/aromatic N) is 1. The first kappa shape index (κ1) is 16.1. The summed E-state index contributed by atoms with van der Waals surface area (Å²) in [6, 6.07) is 8.69. The summed E-state index contributed by atoms with van der Waals surface area (Å²) in [4.78, 5) is 22.1. The molecule has 0 heterocycles. The largest absolute Gasteiger partial charge is 0.482 e. The Bertz CT molecular complexity index is 804. The van der Waals surface area contributed by atoms with E-state index in [9.17, 15) is 19.3 Å². The maximum absolute atomic E-state index is 13.7. The summed E-state index contributed by atoms with van der Waals surface area (Å²) in [5, 5.41) is 10.6. The average Bonchev–Trinajstić information content (AvgIpc) is 2.59. The number of rotatable bonds is 5. The Morgan fingerprint density at radius 2 is 1.88 bits per heavy atom. The van der Waals surface area contributed by atoms with Gasteiger partial charge in [0.25, 0.3) is 5.69 Å². The number of nitro groups is 1. The smallest absolute Gasteiger partial charge is 0.272 e. The second-order valence-electron chi connectivity index (χ2n) is 5.77. The van der Waals surface area contributed by atoms with Crippen molar-refractivity contribution in [1.29, 1.82) is 0 Å². The molecule has 0 radical (unpaired) electrons. The molecule has 5 nitrogen and oxygen atoms in total. The number of benzene rings is 2. The Morgan fingerprint density at radius 1 is 1.12 bits per heavy atom. The molecule has 1 aliphatic carbocycles. The number of Topliss-reactive ketones (excluding diaryl/α,β-unsaturated/α-hetero) is 1. The molecule has 3 rings (SSSR count). The molecular weight excluding hydrogens is 313 g/mol. The molecule has 0 saturated heterocycles. The Hall–Kier alpha value is -2.76. The highest BCUT2D eigenvalue weighted by molar-refractivity contribution is 5.97. The van der Waals surface area contributed by atoms with Crippen LogP contribution in [0.15, 0.2) is 36.4 Å². The normalized spacial score (nSPS) is 13.2. The van der Waals surface area contributed by atoms with Crippen LogP contribution in [0.3, 0.4) is 0 Å². The topological polar surface area (TPSA) is 69.4 Å². The van der Waals surface area contributed by atoms with Gasteiger partial charge in [-0.05, 0) is 48.9 Å². The van der Waals surface area contributed by atoms with Crippen molar-refractivity contribution >= 4 is 11.5 Å². The first-order valence-electron chi connectivity index (χ1n) is 7.76. The van der Waals surface area contributed by atoms with Gasteiger partial charge >= 0.3 is 0 Å². The number of halogens is 1. The molecule has 0 aromatic heterocycles. The molecule has 124 valence electrons. The van der Waals surface area contributed by atoms with Gasteiger partial charge in [-0.2, -0.15) is 0 Å². The van der Waals surface area contributed by atoms with E-state index < -0.39 is 10.7 Å². The number of hydrogen-bond donors (Lipinski definition) is 0. The molecule has 0 amide bonds.